The van der Waals surface area contributed by atoms with Crippen LogP contribution in [0, 0.1) is 0 Å². The number of halogens is 2. The predicted octanol–water partition coefficient (Wildman–Crippen LogP) is 3.68. The van der Waals surface area contributed by atoms with Crippen molar-refractivity contribution < 1.29 is 23.0 Å². The van der Waals surface area contributed by atoms with Gasteiger partial charge in [-0.15, -0.1) is 6.58 Å². The second kappa shape index (κ2) is 7.56. The van der Waals surface area contributed by atoms with Crippen LogP contribution in [0.1, 0.15) is 5.56 Å². The summed E-state index contributed by atoms with van der Waals surface area (Å²) in [7, 11) is 1.35. The van der Waals surface area contributed by atoms with E-state index in [1.54, 1.807) is 18.2 Å². The van der Waals surface area contributed by atoms with Crippen molar-refractivity contribution in [3.05, 3.63) is 41.3 Å². The van der Waals surface area contributed by atoms with Gasteiger partial charge in [0.25, 0.3) is 5.91 Å². The van der Waals surface area contributed by atoms with Crippen LogP contribution in [0.5, 0.6) is 11.5 Å². The Morgan fingerprint density at radius 2 is 2.17 bits per heavy atom. The molecule has 1 fully saturated rings. The van der Waals surface area contributed by atoms with Crippen molar-refractivity contribution >= 4 is 40.3 Å². The van der Waals surface area contributed by atoms with Crippen LogP contribution in [0.4, 0.5) is 8.78 Å². The highest BCUT2D eigenvalue weighted by molar-refractivity contribution is 8.26. The summed E-state index contributed by atoms with van der Waals surface area (Å²) in [6.07, 6.45) is 3.21. The van der Waals surface area contributed by atoms with Gasteiger partial charge in [-0.2, -0.15) is 8.78 Å². The van der Waals surface area contributed by atoms with Gasteiger partial charge in [0.2, 0.25) is 0 Å². The summed E-state index contributed by atoms with van der Waals surface area (Å²) < 4.78 is 34.5. The minimum Gasteiger partial charge on any atom is -0.493 e. The van der Waals surface area contributed by atoms with Crippen molar-refractivity contribution in [2.75, 3.05) is 13.7 Å². The predicted molar refractivity (Wildman–Crippen MR) is 89.7 cm³/mol. The summed E-state index contributed by atoms with van der Waals surface area (Å²) >= 11 is 6.32. The number of thiocarbonyl (C=S) groups is 1. The number of hydrogen-bond acceptors (Lipinski definition) is 5. The number of benzene rings is 1. The number of carbonyl (C=O) groups is 1. The molecule has 1 saturated heterocycles. The first kappa shape index (κ1) is 17.4. The maximum Gasteiger partial charge on any atom is 0.387 e. The van der Waals surface area contributed by atoms with Crippen LogP contribution in [-0.2, 0) is 4.79 Å². The summed E-state index contributed by atoms with van der Waals surface area (Å²) in [5, 5.41) is 0. The highest BCUT2D eigenvalue weighted by Gasteiger charge is 2.31. The Bertz CT molecular complexity index is 677. The molecule has 0 saturated carbocycles. The number of methoxy groups -OCH3 is 1. The minimum atomic E-state index is -2.94. The number of thioether (sulfide) groups is 1. The van der Waals surface area contributed by atoms with Crippen LogP contribution in [0.3, 0.4) is 0 Å². The smallest absolute Gasteiger partial charge is 0.387 e. The van der Waals surface area contributed by atoms with Gasteiger partial charge in [0.15, 0.2) is 11.5 Å². The number of carbonyl (C=O) groups excluding carboxylic acids is 1. The Kier molecular flexibility index (Phi) is 5.73. The molecule has 0 aromatic heterocycles. The zero-order valence-corrected chi connectivity index (χ0v) is 13.8. The van der Waals surface area contributed by atoms with Crippen molar-refractivity contribution in [1.82, 2.24) is 4.90 Å². The van der Waals surface area contributed by atoms with Gasteiger partial charge in [-0.1, -0.05) is 36.1 Å². The van der Waals surface area contributed by atoms with E-state index in [1.807, 2.05) is 0 Å². The third kappa shape index (κ3) is 4.08. The summed E-state index contributed by atoms with van der Waals surface area (Å²) in [6.45, 7) is 0.984. The molecule has 1 aromatic carbocycles. The quantitative estimate of drug-likeness (QED) is 0.441. The van der Waals surface area contributed by atoms with Gasteiger partial charge in [0.05, 0.1) is 12.0 Å². The lowest BCUT2D eigenvalue weighted by Gasteiger charge is -2.11. The molecule has 2 rings (SSSR count). The molecule has 1 aliphatic heterocycles. The molecule has 0 bridgehead atoms. The van der Waals surface area contributed by atoms with E-state index in [2.05, 4.69) is 11.3 Å². The molecule has 0 radical (unpaired) electrons. The molecule has 0 spiro atoms. The first-order valence-corrected chi connectivity index (χ1v) is 7.68. The van der Waals surface area contributed by atoms with Crippen LogP contribution in [-0.4, -0.2) is 35.4 Å². The zero-order chi connectivity index (χ0) is 17.0. The van der Waals surface area contributed by atoms with Gasteiger partial charge in [0, 0.05) is 6.54 Å². The molecule has 4 nitrogen and oxygen atoms in total. The summed E-state index contributed by atoms with van der Waals surface area (Å²) in [5.74, 6) is -0.133. The first-order valence-electron chi connectivity index (χ1n) is 6.45. The van der Waals surface area contributed by atoms with E-state index < -0.39 is 6.61 Å². The monoisotopic (exact) mass is 357 g/mol. The van der Waals surface area contributed by atoms with Gasteiger partial charge in [-0.25, -0.2) is 0 Å². The summed E-state index contributed by atoms with van der Waals surface area (Å²) in [6, 6.07) is 4.43. The fourth-order valence-electron chi connectivity index (χ4n) is 1.91. The number of nitrogens with zero attached hydrogens (tertiary/aromatic N) is 1. The Balaban J connectivity index is 2.27. The molecule has 122 valence electrons. The van der Waals surface area contributed by atoms with Crippen molar-refractivity contribution in [3.63, 3.8) is 0 Å². The van der Waals surface area contributed by atoms with Gasteiger partial charge < -0.3 is 9.47 Å². The Labute approximate surface area is 141 Å². The summed E-state index contributed by atoms with van der Waals surface area (Å²) in [5.41, 5.74) is 0.613. The molecule has 1 heterocycles. The largest absolute Gasteiger partial charge is 0.493 e. The lowest BCUT2D eigenvalue weighted by atomic mass is 10.2. The highest BCUT2D eigenvalue weighted by atomic mass is 32.2. The Morgan fingerprint density at radius 3 is 2.78 bits per heavy atom. The molecule has 0 unspecified atom stereocenters. The second-order valence-corrected chi connectivity index (χ2v) is 6.05. The molecular weight excluding hydrogens is 344 g/mol. The average molecular weight is 357 g/mol. The van der Waals surface area contributed by atoms with E-state index in [9.17, 15) is 13.6 Å². The fraction of sp³-hybridized carbons (Fsp3) is 0.200. The summed E-state index contributed by atoms with van der Waals surface area (Å²) in [4.78, 5) is 14.1. The van der Waals surface area contributed by atoms with Crippen molar-refractivity contribution in [2.45, 2.75) is 6.61 Å². The lowest BCUT2D eigenvalue weighted by Crippen LogP contribution is -2.27. The minimum absolute atomic E-state index is 0.0705. The van der Waals surface area contributed by atoms with Crippen molar-refractivity contribution in [1.29, 1.82) is 0 Å². The maximum atomic E-state index is 12.3. The second-order valence-electron chi connectivity index (χ2n) is 4.37. The van der Waals surface area contributed by atoms with E-state index >= 15 is 0 Å². The highest BCUT2D eigenvalue weighted by Crippen LogP contribution is 2.35. The topological polar surface area (TPSA) is 38.8 Å². The molecule has 1 aliphatic rings. The van der Waals surface area contributed by atoms with Gasteiger partial charge in [-0.05, 0) is 23.8 Å². The number of alkyl halides is 2. The van der Waals surface area contributed by atoms with E-state index in [0.717, 1.165) is 0 Å². The van der Waals surface area contributed by atoms with Crippen molar-refractivity contribution in [3.8, 4) is 11.5 Å². The Morgan fingerprint density at radius 1 is 1.43 bits per heavy atom. The third-order valence-corrected chi connectivity index (χ3v) is 4.26. The molecule has 8 heteroatoms. The van der Waals surface area contributed by atoms with E-state index in [-0.39, 0.29) is 17.4 Å². The molecule has 23 heavy (non-hydrogen) atoms. The average Bonchev–Trinajstić information content (AvgIpc) is 2.76. The van der Waals surface area contributed by atoms with E-state index in [1.165, 1.54) is 35.9 Å². The lowest BCUT2D eigenvalue weighted by molar-refractivity contribution is -0.121. The van der Waals surface area contributed by atoms with Crippen molar-refractivity contribution in [2.24, 2.45) is 0 Å². The zero-order valence-electron chi connectivity index (χ0n) is 12.1. The van der Waals surface area contributed by atoms with Crippen LogP contribution >= 0.6 is 24.0 Å². The molecule has 0 atom stereocenters. The molecule has 1 amide bonds. The number of amides is 1. The van der Waals surface area contributed by atoms with E-state index in [4.69, 9.17) is 17.0 Å². The molecule has 1 aromatic rings. The maximum absolute atomic E-state index is 12.3. The van der Waals surface area contributed by atoms with Gasteiger partial charge in [0.1, 0.15) is 4.32 Å². The van der Waals surface area contributed by atoms with E-state index in [0.29, 0.717) is 21.3 Å². The van der Waals surface area contributed by atoms with Crippen LogP contribution in [0.15, 0.2) is 35.8 Å². The third-order valence-electron chi connectivity index (χ3n) is 2.89. The molecule has 0 aliphatic carbocycles. The number of ether oxygens (including phenoxy) is 2. The molecular formula is C15H13F2NO3S2. The molecule has 0 N–H and O–H groups in total. The first-order chi connectivity index (χ1) is 11.0. The number of rotatable bonds is 6. The van der Waals surface area contributed by atoms with Gasteiger partial charge >= 0.3 is 6.61 Å². The Hall–Kier alpha value is -1.93. The van der Waals surface area contributed by atoms with Crippen LogP contribution in [0.25, 0.3) is 6.08 Å². The van der Waals surface area contributed by atoms with Gasteiger partial charge in [-0.3, -0.25) is 9.69 Å². The normalized spacial score (nSPS) is 16.3. The fourth-order valence-corrected chi connectivity index (χ4v) is 3.18. The van der Waals surface area contributed by atoms with Crippen LogP contribution < -0.4 is 9.47 Å². The number of hydrogen-bond donors (Lipinski definition) is 0. The SMILES string of the molecule is C=CCN1C(=O)/C(=C/c2ccc(OC(F)F)c(OC)c2)SC1=S. The standard InChI is InChI=1S/C15H13F2NO3S2/c1-3-6-18-13(19)12(23-15(18)22)8-9-4-5-10(21-14(16)17)11(7-9)20-2/h3-5,7-8,14H,1,6H2,2H3/b12-8-. The van der Waals surface area contributed by atoms with Crippen LogP contribution in [0.2, 0.25) is 0 Å².